The fourth-order valence-electron chi connectivity index (χ4n) is 1.49. The molecule has 17 heavy (non-hydrogen) atoms. The topological polar surface area (TPSA) is 32.3 Å². The van der Waals surface area contributed by atoms with E-state index in [9.17, 15) is 9.18 Å². The zero-order valence-electron chi connectivity index (χ0n) is 9.96. The van der Waals surface area contributed by atoms with Gasteiger partial charge in [-0.1, -0.05) is 17.7 Å². The Morgan fingerprint density at radius 1 is 1.53 bits per heavy atom. The number of benzene rings is 1. The lowest BCUT2D eigenvalue weighted by Gasteiger charge is -2.16. The summed E-state index contributed by atoms with van der Waals surface area (Å²) in [6, 6.07) is 4.27. The van der Waals surface area contributed by atoms with Crippen molar-refractivity contribution in [3.05, 3.63) is 34.6 Å². The van der Waals surface area contributed by atoms with E-state index in [1.165, 1.54) is 12.1 Å². The molecule has 0 bridgehead atoms. The fourth-order valence-corrected chi connectivity index (χ4v) is 1.72. The van der Waals surface area contributed by atoms with Gasteiger partial charge in [0, 0.05) is 18.1 Å². The molecular weight excluding hydrogens is 243 g/mol. The lowest BCUT2D eigenvalue weighted by molar-refractivity contribution is -0.121. The number of nitrogens with one attached hydrogen (secondary N) is 1. The van der Waals surface area contributed by atoms with Crippen molar-refractivity contribution in [3.63, 3.8) is 0 Å². The monoisotopic (exact) mass is 258 g/mol. The van der Waals surface area contributed by atoms with Gasteiger partial charge in [-0.2, -0.15) is 0 Å². The molecule has 0 aliphatic carbocycles. The van der Waals surface area contributed by atoms with Crippen LogP contribution in [0.3, 0.4) is 0 Å². The van der Waals surface area contributed by atoms with Crippen LogP contribution in [0, 0.1) is 5.82 Å². The van der Waals surface area contributed by atoms with E-state index in [4.69, 9.17) is 11.6 Å². The van der Waals surface area contributed by atoms with Gasteiger partial charge >= 0.3 is 0 Å². The minimum absolute atomic E-state index is 0.0340. The Balaban J connectivity index is 2.55. The number of carbonyl (C=O) groups excluding carboxylic acids is 1. The molecule has 1 aromatic rings. The summed E-state index contributed by atoms with van der Waals surface area (Å²) in [6.07, 6.45) is 0. The maximum Gasteiger partial charge on any atom is 0.234 e. The third kappa shape index (κ3) is 4.71. The number of nitrogens with zero attached hydrogens (tertiary/aromatic N) is 1. The maximum atomic E-state index is 12.8. The number of carbonyl (C=O) groups is 1. The van der Waals surface area contributed by atoms with Crippen LogP contribution in [0.4, 0.5) is 4.39 Å². The highest BCUT2D eigenvalue weighted by Gasteiger charge is 2.08. The number of amides is 1. The molecular formula is C12H16ClFN2O. The second kappa shape index (κ2) is 6.57. The molecule has 0 spiro atoms. The maximum absolute atomic E-state index is 12.8. The zero-order chi connectivity index (χ0) is 12.8. The van der Waals surface area contributed by atoms with Crippen molar-refractivity contribution in [2.45, 2.75) is 13.5 Å². The van der Waals surface area contributed by atoms with Crippen LogP contribution in [0.15, 0.2) is 18.2 Å². The summed E-state index contributed by atoms with van der Waals surface area (Å²) in [6.45, 7) is 3.29. The van der Waals surface area contributed by atoms with Gasteiger partial charge in [-0.05, 0) is 31.7 Å². The first-order chi connectivity index (χ1) is 8.02. The Hall–Kier alpha value is -1.13. The average molecular weight is 259 g/mol. The molecule has 1 amide bonds. The number of hydrogen-bond acceptors (Lipinski definition) is 2. The zero-order valence-corrected chi connectivity index (χ0v) is 10.7. The molecule has 0 aromatic heterocycles. The van der Waals surface area contributed by atoms with Crippen molar-refractivity contribution in [1.82, 2.24) is 10.2 Å². The summed E-state index contributed by atoms with van der Waals surface area (Å²) in [7, 11) is 1.81. The third-order valence-corrected chi connectivity index (χ3v) is 2.59. The predicted octanol–water partition coefficient (Wildman–Crippen LogP) is 2.05. The first kappa shape index (κ1) is 13.9. The van der Waals surface area contributed by atoms with Crippen LogP contribution in [0.2, 0.25) is 5.02 Å². The van der Waals surface area contributed by atoms with Crippen molar-refractivity contribution in [2.24, 2.45) is 0 Å². The van der Waals surface area contributed by atoms with Crippen LogP contribution in [-0.2, 0) is 11.3 Å². The van der Waals surface area contributed by atoms with Crippen LogP contribution < -0.4 is 5.32 Å². The van der Waals surface area contributed by atoms with E-state index >= 15 is 0 Å². The van der Waals surface area contributed by atoms with Gasteiger partial charge < -0.3 is 5.32 Å². The van der Waals surface area contributed by atoms with Crippen LogP contribution in [0.1, 0.15) is 12.5 Å². The standard InChI is InChI=1S/C12H16ClFN2O/c1-3-15-12(17)8-16(2)7-9-4-5-10(14)6-11(9)13/h4-6H,3,7-8H2,1-2H3,(H,15,17). The van der Waals surface area contributed by atoms with Crippen LogP contribution in [-0.4, -0.2) is 30.9 Å². The van der Waals surface area contributed by atoms with Crippen molar-refractivity contribution < 1.29 is 9.18 Å². The lowest BCUT2D eigenvalue weighted by atomic mass is 10.2. The van der Waals surface area contributed by atoms with E-state index in [0.717, 1.165) is 5.56 Å². The number of hydrogen-bond donors (Lipinski definition) is 1. The van der Waals surface area contributed by atoms with Gasteiger partial charge in [0.05, 0.1) is 6.54 Å². The molecule has 0 aliphatic rings. The Labute approximate surface area is 106 Å². The first-order valence-corrected chi connectivity index (χ1v) is 5.80. The van der Waals surface area contributed by atoms with Crippen molar-refractivity contribution in [2.75, 3.05) is 20.1 Å². The van der Waals surface area contributed by atoms with Gasteiger partial charge in [0.25, 0.3) is 0 Å². The molecule has 0 unspecified atom stereocenters. The summed E-state index contributed by atoms with van der Waals surface area (Å²) < 4.78 is 12.8. The molecule has 0 radical (unpaired) electrons. The van der Waals surface area contributed by atoms with E-state index < -0.39 is 0 Å². The summed E-state index contributed by atoms with van der Waals surface area (Å²) in [5.41, 5.74) is 0.805. The Morgan fingerprint density at radius 3 is 2.82 bits per heavy atom. The molecule has 0 saturated carbocycles. The molecule has 0 heterocycles. The summed E-state index contributed by atoms with van der Waals surface area (Å²) in [5, 5.41) is 3.09. The molecule has 0 atom stereocenters. The van der Waals surface area contributed by atoms with Crippen molar-refractivity contribution >= 4 is 17.5 Å². The van der Waals surface area contributed by atoms with Gasteiger partial charge in [0.1, 0.15) is 5.82 Å². The fraction of sp³-hybridized carbons (Fsp3) is 0.417. The van der Waals surface area contributed by atoms with E-state index in [2.05, 4.69) is 5.32 Å². The number of likely N-dealkylation sites (N-methyl/N-ethyl adjacent to an activating group) is 2. The van der Waals surface area contributed by atoms with E-state index in [-0.39, 0.29) is 11.7 Å². The van der Waals surface area contributed by atoms with Gasteiger partial charge in [0.2, 0.25) is 5.91 Å². The average Bonchev–Trinajstić information content (AvgIpc) is 2.22. The predicted molar refractivity (Wildman–Crippen MR) is 66.4 cm³/mol. The second-order valence-electron chi connectivity index (χ2n) is 3.86. The molecule has 0 fully saturated rings. The molecule has 1 aromatic carbocycles. The number of halogens is 2. The third-order valence-electron chi connectivity index (χ3n) is 2.24. The molecule has 5 heteroatoms. The van der Waals surface area contributed by atoms with E-state index in [1.54, 1.807) is 6.07 Å². The van der Waals surface area contributed by atoms with Gasteiger partial charge in [-0.15, -0.1) is 0 Å². The van der Waals surface area contributed by atoms with Crippen LogP contribution >= 0.6 is 11.6 Å². The van der Waals surface area contributed by atoms with E-state index in [1.807, 2.05) is 18.9 Å². The Kier molecular flexibility index (Phi) is 5.38. The molecule has 1 rings (SSSR count). The quantitative estimate of drug-likeness (QED) is 0.877. The largest absolute Gasteiger partial charge is 0.355 e. The smallest absolute Gasteiger partial charge is 0.234 e. The normalized spacial score (nSPS) is 10.6. The SMILES string of the molecule is CCNC(=O)CN(C)Cc1ccc(F)cc1Cl. The van der Waals surface area contributed by atoms with Crippen molar-refractivity contribution in [1.29, 1.82) is 0 Å². The van der Waals surface area contributed by atoms with E-state index in [0.29, 0.717) is 24.7 Å². The summed E-state index contributed by atoms with van der Waals surface area (Å²) in [5.74, 6) is -0.390. The molecule has 0 saturated heterocycles. The Morgan fingerprint density at radius 2 is 2.24 bits per heavy atom. The summed E-state index contributed by atoms with van der Waals surface area (Å²) >= 11 is 5.90. The first-order valence-electron chi connectivity index (χ1n) is 5.42. The second-order valence-corrected chi connectivity index (χ2v) is 4.27. The number of rotatable bonds is 5. The van der Waals surface area contributed by atoms with Crippen LogP contribution in [0.5, 0.6) is 0 Å². The molecule has 94 valence electrons. The molecule has 3 nitrogen and oxygen atoms in total. The highest BCUT2D eigenvalue weighted by molar-refractivity contribution is 6.31. The van der Waals surface area contributed by atoms with Crippen molar-refractivity contribution in [3.8, 4) is 0 Å². The Bertz CT molecular complexity index is 398. The highest BCUT2D eigenvalue weighted by atomic mass is 35.5. The van der Waals surface area contributed by atoms with Gasteiger partial charge in [0.15, 0.2) is 0 Å². The van der Waals surface area contributed by atoms with Gasteiger partial charge in [-0.3, -0.25) is 9.69 Å². The summed E-state index contributed by atoms with van der Waals surface area (Å²) in [4.78, 5) is 13.2. The molecule has 1 N–H and O–H groups in total. The van der Waals surface area contributed by atoms with Gasteiger partial charge in [-0.25, -0.2) is 4.39 Å². The highest BCUT2D eigenvalue weighted by Crippen LogP contribution is 2.18. The lowest BCUT2D eigenvalue weighted by Crippen LogP contribution is -2.34. The van der Waals surface area contributed by atoms with Crippen LogP contribution in [0.25, 0.3) is 0 Å². The minimum atomic E-state index is -0.356. The minimum Gasteiger partial charge on any atom is -0.355 e. The molecule has 0 aliphatic heterocycles.